The molecular weight excluding hydrogens is 282 g/mol. The fraction of sp³-hybridized carbons (Fsp3) is 0.353. The lowest BCUT2D eigenvalue weighted by atomic mass is 10.1. The van der Waals surface area contributed by atoms with E-state index in [1.807, 2.05) is 24.3 Å². The lowest BCUT2D eigenvalue weighted by Gasteiger charge is -2.12. The normalized spacial score (nSPS) is 17.6. The van der Waals surface area contributed by atoms with Gasteiger partial charge in [0.15, 0.2) is 0 Å². The lowest BCUT2D eigenvalue weighted by Crippen LogP contribution is -2.20. The molecule has 0 saturated carbocycles. The molecule has 0 amide bonds. The number of pyridine rings is 1. The van der Waals surface area contributed by atoms with Crippen LogP contribution in [-0.2, 0) is 11.3 Å². The van der Waals surface area contributed by atoms with Crippen molar-refractivity contribution in [3.63, 3.8) is 0 Å². The SMILES string of the molecule is O=c1ccc(-c2ccc(OC3CCOC3)cc2)cn1CCO. The summed E-state index contributed by atoms with van der Waals surface area (Å²) in [7, 11) is 0. The van der Waals surface area contributed by atoms with Gasteiger partial charge < -0.3 is 19.1 Å². The van der Waals surface area contributed by atoms with Gasteiger partial charge in [-0.15, -0.1) is 0 Å². The molecule has 1 aromatic carbocycles. The Bertz CT molecular complexity index is 672. The van der Waals surface area contributed by atoms with Crippen LogP contribution in [0.2, 0.25) is 0 Å². The number of ether oxygens (including phenoxy) is 2. The van der Waals surface area contributed by atoms with Crippen molar-refractivity contribution in [2.45, 2.75) is 19.1 Å². The van der Waals surface area contributed by atoms with Gasteiger partial charge >= 0.3 is 0 Å². The van der Waals surface area contributed by atoms with E-state index < -0.39 is 0 Å². The van der Waals surface area contributed by atoms with Gasteiger partial charge in [-0.05, 0) is 29.3 Å². The van der Waals surface area contributed by atoms with Crippen molar-refractivity contribution < 1.29 is 14.6 Å². The van der Waals surface area contributed by atoms with Crippen LogP contribution in [0.4, 0.5) is 0 Å². The Morgan fingerprint density at radius 2 is 1.95 bits per heavy atom. The summed E-state index contributed by atoms with van der Waals surface area (Å²) in [5.41, 5.74) is 1.82. The monoisotopic (exact) mass is 301 g/mol. The molecule has 1 aliphatic rings. The highest BCUT2D eigenvalue weighted by atomic mass is 16.5. The summed E-state index contributed by atoms with van der Waals surface area (Å²) in [6.07, 6.45) is 2.82. The molecule has 0 bridgehead atoms. The fourth-order valence-corrected chi connectivity index (χ4v) is 2.51. The molecule has 22 heavy (non-hydrogen) atoms. The Kier molecular flexibility index (Phi) is 4.56. The van der Waals surface area contributed by atoms with Crippen LogP contribution < -0.4 is 10.3 Å². The summed E-state index contributed by atoms with van der Waals surface area (Å²) < 4.78 is 12.6. The Balaban J connectivity index is 1.77. The van der Waals surface area contributed by atoms with Crippen molar-refractivity contribution in [1.29, 1.82) is 0 Å². The Hall–Kier alpha value is -2.11. The molecule has 5 nitrogen and oxygen atoms in total. The van der Waals surface area contributed by atoms with Crippen LogP contribution >= 0.6 is 0 Å². The second kappa shape index (κ2) is 6.77. The number of hydrogen-bond donors (Lipinski definition) is 1. The minimum absolute atomic E-state index is 0.0560. The number of nitrogens with zero attached hydrogens (tertiary/aromatic N) is 1. The molecule has 1 atom stereocenters. The van der Waals surface area contributed by atoms with Crippen molar-refractivity contribution in [2.75, 3.05) is 19.8 Å². The predicted molar refractivity (Wildman–Crippen MR) is 83.1 cm³/mol. The number of hydrogen-bond acceptors (Lipinski definition) is 4. The van der Waals surface area contributed by atoms with E-state index in [0.717, 1.165) is 29.9 Å². The standard InChI is InChI=1S/C17H19NO4/c19-9-8-18-11-14(3-6-17(18)20)13-1-4-15(5-2-13)22-16-7-10-21-12-16/h1-6,11,16,19H,7-10,12H2. The molecule has 1 saturated heterocycles. The predicted octanol–water partition coefficient (Wildman–Crippen LogP) is 1.68. The second-order valence-corrected chi connectivity index (χ2v) is 5.30. The van der Waals surface area contributed by atoms with Crippen LogP contribution in [0.25, 0.3) is 11.1 Å². The first-order chi connectivity index (χ1) is 10.8. The van der Waals surface area contributed by atoms with E-state index in [-0.39, 0.29) is 18.3 Å². The number of aromatic nitrogens is 1. The van der Waals surface area contributed by atoms with Gasteiger partial charge in [0.2, 0.25) is 0 Å². The van der Waals surface area contributed by atoms with E-state index >= 15 is 0 Å². The molecule has 2 aromatic rings. The summed E-state index contributed by atoms with van der Waals surface area (Å²) in [6, 6.07) is 11.1. The molecule has 0 radical (unpaired) electrons. The number of aliphatic hydroxyl groups excluding tert-OH is 1. The summed E-state index contributed by atoms with van der Waals surface area (Å²) in [5, 5.41) is 8.99. The van der Waals surface area contributed by atoms with Crippen LogP contribution in [0, 0.1) is 0 Å². The zero-order valence-corrected chi connectivity index (χ0v) is 12.3. The summed E-state index contributed by atoms with van der Waals surface area (Å²) in [5.74, 6) is 0.822. The van der Waals surface area contributed by atoms with Crippen LogP contribution in [-0.4, -0.2) is 35.6 Å². The summed E-state index contributed by atoms with van der Waals surface area (Å²) >= 11 is 0. The highest BCUT2D eigenvalue weighted by molar-refractivity contribution is 5.63. The lowest BCUT2D eigenvalue weighted by molar-refractivity contribution is 0.141. The third kappa shape index (κ3) is 3.37. The number of rotatable bonds is 5. The van der Waals surface area contributed by atoms with Crippen LogP contribution in [0.1, 0.15) is 6.42 Å². The average Bonchev–Trinajstić information content (AvgIpc) is 3.04. The summed E-state index contributed by atoms with van der Waals surface area (Å²) in [6.45, 7) is 1.65. The van der Waals surface area contributed by atoms with Gasteiger partial charge in [0.25, 0.3) is 5.56 Å². The molecule has 1 fully saturated rings. The fourth-order valence-electron chi connectivity index (χ4n) is 2.51. The third-order valence-electron chi connectivity index (χ3n) is 3.70. The van der Waals surface area contributed by atoms with E-state index in [2.05, 4.69) is 0 Å². The number of aliphatic hydroxyl groups is 1. The van der Waals surface area contributed by atoms with Crippen molar-refractivity contribution >= 4 is 0 Å². The minimum atomic E-state index is -0.112. The van der Waals surface area contributed by atoms with Gasteiger partial charge in [-0.3, -0.25) is 4.79 Å². The van der Waals surface area contributed by atoms with Crippen LogP contribution in [0.15, 0.2) is 47.4 Å². The van der Waals surface area contributed by atoms with Gasteiger partial charge in [0, 0.05) is 25.2 Å². The average molecular weight is 301 g/mol. The highest BCUT2D eigenvalue weighted by Gasteiger charge is 2.16. The first-order valence-corrected chi connectivity index (χ1v) is 7.42. The molecule has 116 valence electrons. The Morgan fingerprint density at radius 1 is 1.18 bits per heavy atom. The van der Waals surface area contributed by atoms with Gasteiger partial charge in [0.05, 0.1) is 19.8 Å². The Labute approximate surface area is 128 Å². The molecule has 0 spiro atoms. The zero-order valence-electron chi connectivity index (χ0n) is 12.3. The number of benzene rings is 1. The van der Waals surface area contributed by atoms with E-state index in [0.29, 0.717) is 13.2 Å². The molecule has 0 aliphatic carbocycles. The first-order valence-electron chi connectivity index (χ1n) is 7.42. The maximum absolute atomic E-state index is 11.7. The minimum Gasteiger partial charge on any atom is -0.488 e. The smallest absolute Gasteiger partial charge is 0.250 e. The molecule has 5 heteroatoms. The van der Waals surface area contributed by atoms with Crippen molar-refractivity contribution in [2.24, 2.45) is 0 Å². The molecule has 1 aliphatic heterocycles. The highest BCUT2D eigenvalue weighted by Crippen LogP contribution is 2.23. The van der Waals surface area contributed by atoms with Crippen molar-refractivity contribution in [3.8, 4) is 16.9 Å². The zero-order chi connectivity index (χ0) is 15.4. The van der Waals surface area contributed by atoms with Crippen LogP contribution in [0.3, 0.4) is 0 Å². The second-order valence-electron chi connectivity index (χ2n) is 5.30. The molecule has 2 heterocycles. The van der Waals surface area contributed by atoms with Gasteiger partial charge in [-0.1, -0.05) is 12.1 Å². The quantitative estimate of drug-likeness (QED) is 0.912. The third-order valence-corrected chi connectivity index (χ3v) is 3.70. The largest absolute Gasteiger partial charge is 0.488 e. The Morgan fingerprint density at radius 3 is 2.64 bits per heavy atom. The van der Waals surface area contributed by atoms with E-state index in [9.17, 15) is 4.79 Å². The molecule has 1 N–H and O–H groups in total. The maximum Gasteiger partial charge on any atom is 0.250 e. The molecular formula is C17H19NO4. The molecule has 1 unspecified atom stereocenters. The first kappa shape index (κ1) is 14.8. The van der Waals surface area contributed by atoms with E-state index in [1.165, 1.54) is 10.6 Å². The maximum atomic E-state index is 11.7. The molecule has 3 rings (SSSR count). The summed E-state index contributed by atoms with van der Waals surface area (Å²) in [4.78, 5) is 11.7. The van der Waals surface area contributed by atoms with Gasteiger partial charge in [-0.2, -0.15) is 0 Å². The van der Waals surface area contributed by atoms with E-state index in [4.69, 9.17) is 14.6 Å². The van der Waals surface area contributed by atoms with Crippen LogP contribution in [0.5, 0.6) is 5.75 Å². The molecule has 1 aromatic heterocycles. The topological polar surface area (TPSA) is 60.7 Å². The van der Waals surface area contributed by atoms with Gasteiger partial charge in [-0.25, -0.2) is 0 Å². The van der Waals surface area contributed by atoms with Gasteiger partial charge in [0.1, 0.15) is 11.9 Å². The van der Waals surface area contributed by atoms with Crippen molar-refractivity contribution in [3.05, 3.63) is 52.9 Å². The van der Waals surface area contributed by atoms with Crippen molar-refractivity contribution in [1.82, 2.24) is 4.57 Å². The van der Waals surface area contributed by atoms with E-state index in [1.54, 1.807) is 12.3 Å².